The molecule has 2 aromatic rings. The molecule has 0 saturated carbocycles. The molecule has 0 atom stereocenters. The molecule has 21 heavy (non-hydrogen) atoms. The molecule has 0 aromatic heterocycles. The number of nitro benzene ring substituents is 1. The summed E-state index contributed by atoms with van der Waals surface area (Å²) in [6.07, 6.45) is 1.66. The molecule has 0 saturated heterocycles. The number of nitrogens with zero attached hydrogens (tertiary/aromatic N) is 2. The molecule has 0 unspecified atom stereocenters. The SMILES string of the molecule is COc1ccc(C=Nc2ccc([N+](=O)[O-])cc2OC)cc1. The largest absolute Gasteiger partial charge is 0.497 e. The van der Waals surface area contributed by atoms with Gasteiger partial charge in [0.15, 0.2) is 5.75 Å². The molecule has 0 aliphatic heterocycles. The van der Waals surface area contributed by atoms with Crippen molar-refractivity contribution in [2.75, 3.05) is 14.2 Å². The zero-order valence-electron chi connectivity index (χ0n) is 11.6. The third-order valence-electron chi connectivity index (χ3n) is 2.84. The van der Waals surface area contributed by atoms with Crippen molar-refractivity contribution in [3.05, 3.63) is 58.1 Å². The van der Waals surface area contributed by atoms with Crippen molar-refractivity contribution < 1.29 is 14.4 Å². The lowest BCUT2D eigenvalue weighted by Gasteiger charge is -2.04. The van der Waals surface area contributed by atoms with E-state index in [1.165, 1.54) is 19.2 Å². The van der Waals surface area contributed by atoms with Crippen LogP contribution in [0.3, 0.4) is 0 Å². The van der Waals surface area contributed by atoms with Crippen LogP contribution in [0.1, 0.15) is 5.56 Å². The highest BCUT2D eigenvalue weighted by Gasteiger charge is 2.10. The van der Waals surface area contributed by atoms with Crippen molar-refractivity contribution in [3.8, 4) is 11.5 Å². The van der Waals surface area contributed by atoms with Gasteiger partial charge >= 0.3 is 0 Å². The van der Waals surface area contributed by atoms with E-state index in [0.29, 0.717) is 11.4 Å². The van der Waals surface area contributed by atoms with Gasteiger partial charge < -0.3 is 9.47 Å². The number of benzene rings is 2. The maximum atomic E-state index is 10.7. The number of nitro groups is 1. The zero-order chi connectivity index (χ0) is 15.2. The van der Waals surface area contributed by atoms with Crippen molar-refractivity contribution in [3.63, 3.8) is 0 Å². The molecule has 0 aliphatic carbocycles. The molecule has 6 nitrogen and oxygen atoms in total. The van der Waals surface area contributed by atoms with E-state index in [9.17, 15) is 10.1 Å². The Morgan fingerprint density at radius 3 is 2.38 bits per heavy atom. The number of non-ortho nitro benzene ring substituents is 1. The second-order valence-electron chi connectivity index (χ2n) is 4.14. The Morgan fingerprint density at radius 2 is 1.81 bits per heavy atom. The fourth-order valence-corrected chi connectivity index (χ4v) is 1.72. The fraction of sp³-hybridized carbons (Fsp3) is 0.133. The molecule has 0 N–H and O–H groups in total. The summed E-state index contributed by atoms with van der Waals surface area (Å²) in [5, 5.41) is 10.7. The Kier molecular flexibility index (Phi) is 4.50. The van der Waals surface area contributed by atoms with Crippen molar-refractivity contribution in [1.82, 2.24) is 0 Å². The average molecular weight is 286 g/mol. The quantitative estimate of drug-likeness (QED) is 0.480. The second-order valence-corrected chi connectivity index (χ2v) is 4.14. The number of hydrogen-bond donors (Lipinski definition) is 0. The lowest BCUT2D eigenvalue weighted by Crippen LogP contribution is -1.90. The van der Waals surface area contributed by atoms with E-state index in [0.717, 1.165) is 11.3 Å². The molecule has 0 fully saturated rings. The fourth-order valence-electron chi connectivity index (χ4n) is 1.72. The van der Waals surface area contributed by atoms with E-state index in [4.69, 9.17) is 9.47 Å². The molecule has 2 rings (SSSR count). The van der Waals surface area contributed by atoms with Gasteiger partial charge in [-0.05, 0) is 35.9 Å². The predicted molar refractivity (Wildman–Crippen MR) is 79.9 cm³/mol. The van der Waals surface area contributed by atoms with Gasteiger partial charge in [-0.3, -0.25) is 15.1 Å². The van der Waals surface area contributed by atoms with Crippen LogP contribution >= 0.6 is 0 Å². The lowest BCUT2D eigenvalue weighted by atomic mass is 10.2. The number of methoxy groups -OCH3 is 2. The third kappa shape index (κ3) is 3.56. The van der Waals surface area contributed by atoms with Crippen LogP contribution in [0.2, 0.25) is 0 Å². The first-order chi connectivity index (χ1) is 10.1. The van der Waals surface area contributed by atoms with Gasteiger partial charge in [-0.25, -0.2) is 0 Å². The van der Waals surface area contributed by atoms with Crippen LogP contribution < -0.4 is 9.47 Å². The van der Waals surface area contributed by atoms with E-state index in [1.807, 2.05) is 24.3 Å². The molecule has 108 valence electrons. The summed E-state index contributed by atoms with van der Waals surface area (Å²) < 4.78 is 10.2. The van der Waals surface area contributed by atoms with Crippen LogP contribution in [0.25, 0.3) is 0 Å². The first-order valence-corrected chi connectivity index (χ1v) is 6.14. The normalized spacial score (nSPS) is 10.6. The van der Waals surface area contributed by atoms with Crippen molar-refractivity contribution in [2.24, 2.45) is 4.99 Å². The summed E-state index contributed by atoms with van der Waals surface area (Å²) in [6.45, 7) is 0. The Labute approximate surface area is 121 Å². The maximum absolute atomic E-state index is 10.7. The number of ether oxygens (including phenoxy) is 2. The van der Waals surface area contributed by atoms with E-state index >= 15 is 0 Å². The topological polar surface area (TPSA) is 74.0 Å². The molecule has 0 heterocycles. The molecule has 6 heteroatoms. The average Bonchev–Trinajstić information content (AvgIpc) is 2.53. The zero-order valence-corrected chi connectivity index (χ0v) is 11.6. The van der Waals surface area contributed by atoms with E-state index in [2.05, 4.69) is 4.99 Å². The van der Waals surface area contributed by atoms with Crippen LogP contribution in [-0.4, -0.2) is 25.4 Å². The van der Waals surface area contributed by atoms with Crippen LogP contribution in [0.15, 0.2) is 47.5 Å². The molecule has 0 radical (unpaired) electrons. The minimum absolute atomic E-state index is 0.0322. The van der Waals surface area contributed by atoms with Gasteiger partial charge in [0.1, 0.15) is 11.4 Å². The first-order valence-electron chi connectivity index (χ1n) is 6.14. The van der Waals surface area contributed by atoms with Gasteiger partial charge in [-0.1, -0.05) is 0 Å². The molecule has 0 bridgehead atoms. The van der Waals surface area contributed by atoms with E-state index < -0.39 is 4.92 Å². The van der Waals surface area contributed by atoms with Gasteiger partial charge in [-0.15, -0.1) is 0 Å². The maximum Gasteiger partial charge on any atom is 0.273 e. The Bertz CT molecular complexity index is 666. The van der Waals surface area contributed by atoms with Gasteiger partial charge in [0, 0.05) is 12.3 Å². The highest BCUT2D eigenvalue weighted by molar-refractivity contribution is 5.83. The van der Waals surface area contributed by atoms with Gasteiger partial charge in [0.2, 0.25) is 0 Å². The molecule has 2 aromatic carbocycles. The summed E-state index contributed by atoms with van der Waals surface area (Å²) in [5.41, 5.74) is 1.38. The van der Waals surface area contributed by atoms with Crippen LogP contribution in [0, 0.1) is 10.1 Å². The van der Waals surface area contributed by atoms with Crippen molar-refractivity contribution in [2.45, 2.75) is 0 Å². The lowest BCUT2D eigenvalue weighted by molar-refractivity contribution is -0.384. The van der Waals surface area contributed by atoms with Crippen molar-refractivity contribution in [1.29, 1.82) is 0 Å². The first kappa shape index (κ1) is 14.5. The minimum atomic E-state index is -0.473. The van der Waals surface area contributed by atoms with Gasteiger partial charge in [0.25, 0.3) is 5.69 Å². The Hall–Kier alpha value is -2.89. The Morgan fingerprint density at radius 1 is 1.10 bits per heavy atom. The highest BCUT2D eigenvalue weighted by atomic mass is 16.6. The number of hydrogen-bond acceptors (Lipinski definition) is 5. The van der Waals surface area contributed by atoms with Crippen LogP contribution in [0.4, 0.5) is 11.4 Å². The van der Waals surface area contributed by atoms with E-state index in [-0.39, 0.29) is 5.69 Å². The van der Waals surface area contributed by atoms with Crippen molar-refractivity contribution >= 4 is 17.6 Å². The standard InChI is InChI=1S/C15H14N2O4/c1-20-13-6-3-11(4-7-13)10-16-14-8-5-12(17(18)19)9-15(14)21-2/h3-10H,1-2H3. The monoisotopic (exact) mass is 286 g/mol. The number of rotatable bonds is 5. The summed E-state index contributed by atoms with van der Waals surface area (Å²) in [5.74, 6) is 1.12. The van der Waals surface area contributed by atoms with Crippen LogP contribution in [-0.2, 0) is 0 Å². The van der Waals surface area contributed by atoms with E-state index in [1.54, 1.807) is 19.4 Å². The summed E-state index contributed by atoms with van der Waals surface area (Å²) in [7, 11) is 3.05. The van der Waals surface area contributed by atoms with Gasteiger partial charge in [-0.2, -0.15) is 0 Å². The summed E-state index contributed by atoms with van der Waals surface area (Å²) in [6, 6.07) is 11.7. The molecular weight excluding hydrogens is 272 g/mol. The minimum Gasteiger partial charge on any atom is -0.497 e. The molecule has 0 aliphatic rings. The predicted octanol–water partition coefficient (Wildman–Crippen LogP) is 3.36. The second kappa shape index (κ2) is 6.51. The summed E-state index contributed by atoms with van der Waals surface area (Å²) >= 11 is 0. The smallest absolute Gasteiger partial charge is 0.273 e. The van der Waals surface area contributed by atoms with Crippen LogP contribution in [0.5, 0.6) is 11.5 Å². The third-order valence-corrected chi connectivity index (χ3v) is 2.84. The molecular formula is C15H14N2O4. The number of aliphatic imine (C=N–C) groups is 1. The highest BCUT2D eigenvalue weighted by Crippen LogP contribution is 2.31. The Balaban J connectivity index is 2.25. The van der Waals surface area contributed by atoms with Gasteiger partial charge in [0.05, 0.1) is 25.2 Å². The summed E-state index contributed by atoms with van der Waals surface area (Å²) in [4.78, 5) is 14.5. The molecule has 0 amide bonds. The molecule has 0 spiro atoms.